The second-order valence-corrected chi connectivity index (χ2v) is 10.7. The van der Waals surface area contributed by atoms with Crippen molar-refractivity contribution in [2.45, 2.75) is 50.6 Å². The van der Waals surface area contributed by atoms with Crippen molar-refractivity contribution >= 4 is 40.9 Å². The van der Waals surface area contributed by atoms with Crippen LogP contribution in [0, 0.1) is 5.92 Å². The Bertz CT molecular complexity index is 1480. The van der Waals surface area contributed by atoms with Crippen molar-refractivity contribution in [3.8, 4) is 11.3 Å². The summed E-state index contributed by atoms with van der Waals surface area (Å²) in [5.41, 5.74) is 2.98. The summed E-state index contributed by atoms with van der Waals surface area (Å²) in [5.74, 6) is -1.37. The number of nitrogens with zero attached hydrogens (tertiary/aromatic N) is 4. The van der Waals surface area contributed by atoms with Crippen LogP contribution in [0.3, 0.4) is 0 Å². The van der Waals surface area contributed by atoms with Crippen molar-refractivity contribution in [3.05, 3.63) is 65.1 Å². The second-order valence-electron chi connectivity index (χ2n) is 10.3. The van der Waals surface area contributed by atoms with Gasteiger partial charge in [0.05, 0.1) is 34.1 Å². The number of amides is 4. The third kappa shape index (κ3) is 4.80. The van der Waals surface area contributed by atoms with Crippen molar-refractivity contribution in [2.75, 3.05) is 11.9 Å². The zero-order valence-corrected chi connectivity index (χ0v) is 21.9. The average Bonchev–Trinajstić information content (AvgIpc) is 3.46. The van der Waals surface area contributed by atoms with Gasteiger partial charge in [0.1, 0.15) is 6.04 Å². The summed E-state index contributed by atoms with van der Waals surface area (Å²) in [5, 5.41) is 10.7. The molecular weight excluding hydrogens is 520 g/mol. The smallest absolute Gasteiger partial charge is 0.262 e. The van der Waals surface area contributed by atoms with Gasteiger partial charge in [-0.1, -0.05) is 11.6 Å². The van der Waals surface area contributed by atoms with Crippen molar-refractivity contribution in [2.24, 2.45) is 5.92 Å². The largest absolute Gasteiger partial charge is 0.385 e. The minimum absolute atomic E-state index is 0.0986. The molecule has 200 valence electrons. The van der Waals surface area contributed by atoms with E-state index < -0.39 is 29.7 Å². The van der Waals surface area contributed by atoms with Gasteiger partial charge in [0.2, 0.25) is 11.8 Å². The highest BCUT2D eigenvalue weighted by molar-refractivity contribution is 6.33. The van der Waals surface area contributed by atoms with Gasteiger partial charge in [0.25, 0.3) is 11.8 Å². The summed E-state index contributed by atoms with van der Waals surface area (Å²) in [7, 11) is 0. The van der Waals surface area contributed by atoms with E-state index in [1.54, 1.807) is 24.4 Å². The van der Waals surface area contributed by atoms with Crippen LogP contribution in [0.15, 0.2) is 48.9 Å². The molecule has 0 radical (unpaired) electrons. The van der Waals surface area contributed by atoms with Crippen LogP contribution in [0.5, 0.6) is 0 Å². The van der Waals surface area contributed by atoms with Crippen molar-refractivity contribution in [1.29, 1.82) is 0 Å². The molecule has 0 bridgehead atoms. The van der Waals surface area contributed by atoms with E-state index >= 15 is 0 Å². The summed E-state index contributed by atoms with van der Waals surface area (Å²) >= 11 is 6.26. The molecule has 39 heavy (non-hydrogen) atoms. The molecule has 11 heteroatoms. The number of rotatable bonds is 8. The predicted octanol–water partition coefficient (Wildman–Crippen LogP) is 3.84. The average molecular weight is 547 g/mol. The number of hydrogen-bond donors (Lipinski definition) is 2. The SMILES string of the molecule is O=C1CCC(N2C(=O)c3ccc(NCCCC4CC(n5cc(-c6ncccc6Cl)cn5)C4)cc3C2=O)C(=O)N1. The molecule has 10 nitrogen and oxygen atoms in total. The van der Waals surface area contributed by atoms with Crippen LogP contribution in [-0.2, 0) is 9.59 Å². The number of anilines is 1. The maximum absolute atomic E-state index is 13.0. The van der Waals surface area contributed by atoms with E-state index in [-0.39, 0.29) is 24.0 Å². The molecule has 1 atom stereocenters. The van der Waals surface area contributed by atoms with E-state index in [0.717, 1.165) is 54.1 Å². The Hall–Kier alpha value is -4.05. The van der Waals surface area contributed by atoms with Gasteiger partial charge < -0.3 is 5.32 Å². The van der Waals surface area contributed by atoms with Gasteiger partial charge in [-0.2, -0.15) is 5.10 Å². The van der Waals surface area contributed by atoms with Crippen LogP contribution < -0.4 is 10.6 Å². The molecule has 1 aromatic carbocycles. The number of fused-ring (bicyclic) bond motifs is 1. The topological polar surface area (TPSA) is 126 Å². The molecular formula is C28H27ClN6O4. The molecule has 6 rings (SSSR count). The van der Waals surface area contributed by atoms with Gasteiger partial charge in [0, 0.05) is 36.6 Å². The summed E-state index contributed by atoms with van der Waals surface area (Å²) < 4.78 is 2.01. The fourth-order valence-electron chi connectivity index (χ4n) is 5.61. The minimum Gasteiger partial charge on any atom is -0.385 e. The molecule has 3 aromatic rings. The van der Waals surface area contributed by atoms with Crippen molar-refractivity contribution < 1.29 is 19.2 Å². The Morgan fingerprint density at radius 1 is 1.08 bits per heavy atom. The number of aromatic nitrogens is 3. The van der Waals surface area contributed by atoms with E-state index in [1.165, 1.54) is 0 Å². The third-order valence-corrected chi connectivity index (χ3v) is 8.08. The fraction of sp³-hybridized carbons (Fsp3) is 0.357. The molecule has 2 fully saturated rings. The number of carbonyl (C=O) groups is 4. The summed E-state index contributed by atoms with van der Waals surface area (Å²) in [4.78, 5) is 54.9. The van der Waals surface area contributed by atoms with Gasteiger partial charge in [-0.3, -0.25) is 39.1 Å². The van der Waals surface area contributed by atoms with E-state index in [2.05, 4.69) is 20.7 Å². The number of piperidine rings is 1. The molecule has 4 amide bonds. The van der Waals surface area contributed by atoms with Crippen molar-refractivity contribution in [3.63, 3.8) is 0 Å². The monoisotopic (exact) mass is 546 g/mol. The van der Waals surface area contributed by atoms with Crippen LogP contribution in [0.25, 0.3) is 11.3 Å². The Kier molecular flexibility index (Phi) is 6.64. The third-order valence-electron chi connectivity index (χ3n) is 7.78. The fourth-order valence-corrected chi connectivity index (χ4v) is 5.85. The summed E-state index contributed by atoms with van der Waals surface area (Å²) in [6, 6.07) is 8.13. The summed E-state index contributed by atoms with van der Waals surface area (Å²) in [6.07, 6.45) is 9.98. The molecule has 0 spiro atoms. The van der Waals surface area contributed by atoms with Crippen LogP contribution >= 0.6 is 11.6 Å². The van der Waals surface area contributed by atoms with E-state index in [0.29, 0.717) is 17.0 Å². The second kappa shape index (κ2) is 10.3. The number of carbonyl (C=O) groups excluding carboxylic acids is 4. The number of hydrogen-bond acceptors (Lipinski definition) is 7. The highest BCUT2D eigenvalue weighted by Gasteiger charge is 2.44. The first-order chi connectivity index (χ1) is 18.9. The van der Waals surface area contributed by atoms with E-state index in [4.69, 9.17) is 11.6 Å². The Balaban J connectivity index is 0.978. The lowest BCUT2D eigenvalue weighted by molar-refractivity contribution is -0.136. The zero-order valence-electron chi connectivity index (χ0n) is 21.1. The molecule has 3 aliphatic rings. The lowest BCUT2D eigenvalue weighted by Gasteiger charge is -2.35. The number of imide groups is 2. The molecule has 2 aliphatic heterocycles. The molecule has 2 aromatic heterocycles. The molecule has 2 N–H and O–H groups in total. The quantitative estimate of drug-likeness (QED) is 0.324. The zero-order chi connectivity index (χ0) is 27.1. The Labute approximate surface area is 229 Å². The highest BCUT2D eigenvalue weighted by atomic mass is 35.5. The van der Waals surface area contributed by atoms with Crippen LogP contribution in [0.2, 0.25) is 5.02 Å². The highest BCUT2D eigenvalue weighted by Crippen LogP contribution is 2.41. The first-order valence-electron chi connectivity index (χ1n) is 13.1. The Morgan fingerprint density at radius 2 is 1.90 bits per heavy atom. The predicted molar refractivity (Wildman–Crippen MR) is 143 cm³/mol. The number of nitrogens with one attached hydrogen (secondary N) is 2. The number of benzene rings is 1. The van der Waals surface area contributed by atoms with Gasteiger partial charge in [-0.25, -0.2) is 0 Å². The van der Waals surface area contributed by atoms with Gasteiger partial charge in [-0.05, 0) is 68.4 Å². The van der Waals surface area contributed by atoms with Crippen LogP contribution in [0.1, 0.15) is 65.3 Å². The van der Waals surface area contributed by atoms with Gasteiger partial charge in [-0.15, -0.1) is 0 Å². The van der Waals surface area contributed by atoms with Crippen molar-refractivity contribution in [1.82, 2.24) is 25.0 Å². The first-order valence-corrected chi connectivity index (χ1v) is 13.5. The summed E-state index contributed by atoms with van der Waals surface area (Å²) in [6.45, 7) is 0.739. The van der Waals surface area contributed by atoms with Crippen LogP contribution in [-0.4, -0.2) is 55.9 Å². The standard InChI is InChI=1S/C28H27ClN6O4/c29-22-4-2-10-31-25(22)17-14-32-34(15-17)19-11-16(12-19)3-1-9-30-18-5-6-20-21(13-18)28(39)35(27(20)38)23-7-8-24(36)33-26(23)37/h2,4-6,10,13-16,19,23,30H,1,3,7-9,11-12H2,(H,33,36,37). The maximum atomic E-state index is 13.0. The molecule has 1 saturated heterocycles. The lowest BCUT2D eigenvalue weighted by atomic mass is 9.77. The number of pyridine rings is 1. The minimum atomic E-state index is -0.959. The number of halogens is 1. The Morgan fingerprint density at radius 3 is 2.69 bits per heavy atom. The lowest BCUT2D eigenvalue weighted by Crippen LogP contribution is -2.54. The molecule has 1 aliphatic carbocycles. The molecule has 1 saturated carbocycles. The van der Waals surface area contributed by atoms with E-state index in [1.807, 2.05) is 29.2 Å². The van der Waals surface area contributed by atoms with Crippen LogP contribution in [0.4, 0.5) is 5.69 Å². The normalized spacial score (nSPS) is 22.5. The van der Waals surface area contributed by atoms with Gasteiger partial charge >= 0.3 is 0 Å². The molecule has 1 unspecified atom stereocenters. The maximum Gasteiger partial charge on any atom is 0.262 e. The van der Waals surface area contributed by atoms with E-state index in [9.17, 15) is 19.2 Å². The van der Waals surface area contributed by atoms with Gasteiger partial charge in [0.15, 0.2) is 0 Å². The first kappa shape index (κ1) is 25.2. The molecule has 4 heterocycles.